The fourth-order valence-electron chi connectivity index (χ4n) is 4.44. The summed E-state index contributed by atoms with van der Waals surface area (Å²) >= 11 is 0. The maximum atomic E-state index is 3.72. The van der Waals surface area contributed by atoms with Crippen molar-refractivity contribution in [3.05, 3.63) is 151 Å². The van der Waals surface area contributed by atoms with Crippen LogP contribution in [0.5, 0.6) is 0 Å². The van der Waals surface area contributed by atoms with Gasteiger partial charge in [0.2, 0.25) is 0 Å². The predicted octanol–water partition coefficient (Wildman–Crippen LogP) is 9.65. The molecular formula is C36H46SiTi. The second-order valence-electron chi connectivity index (χ2n) is 11.1. The number of benzene rings is 3. The van der Waals surface area contributed by atoms with E-state index in [1.54, 1.807) is 16.7 Å². The molecule has 198 valence electrons. The third-order valence-corrected chi connectivity index (χ3v) is 8.88. The minimum Gasteiger partial charge on any atom is -0.249 e. The Balaban J connectivity index is 0.000000276. The molecule has 0 amide bonds. The zero-order chi connectivity index (χ0) is 27.1. The SMILES string of the molecule is CC1=[C-]C2=C(CCCC2)C1C[SiH2]C(C)(C)C.[CH2-]c1ccccc1.[CH2-]c1ccccc1.[CH2-]c1ccccc1.[Ti+4]. The summed E-state index contributed by atoms with van der Waals surface area (Å²) in [7, 11) is 0.0461. The molecule has 0 bridgehead atoms. The van der Waals surface area contributed by atoms with Crippen LogP contribution in [0.2, 0.25) is 11.1 Å². The van der Waals surface area contributed by atoms with Gasteiger partial charge < -0.3 is 0 Å². The smallest absolute Gasteiger partial charge is 0.249 e. The van der Waals surface area contributed by atoms with Gasteiger partial charge in [-0.15, -0.1) is 36.4 Å². The Morgan fingerprint density at radius 2 is 1.11 bits per heavy atom. The molecule has 5 rings (SSSR count). The molecular weight excluding hydrogens is 508 g/mol. The predicted molar refractivity (Wildman–Crippen MR) is 167 cm³/mol. The van der Waals surface area contributed by atoms with Gasteiger partial charge in [-0.25, -0.2) is 17.2 Å². The van der Waals surface area contributed by atoms with E-state index in [9.17, 15) is 0 Å². The molecule has 0 fully saturated rings. The van der Waals surface area contributed by atoms with Crippen molar-refractivity contribution in [1.29, 1.82) is 0 Å². The van der Waals surface area contributed by atoms with E-state index in [1.807, 2.05) is 91.0 Å². The second-order valence-corrected chi connectivity index (χ2v) is 14.3. The van der Waals surface area contributed by atoms with E-state index in [0.29, 0.717) is 5.04 Å². The van der Waals surface area contributed by atoms with E-state index in [0.717, 1.165) is 22.6 Å². The summed E-state index contributed by atoms with van der Waals surface area (Å²) in [5, 5.41) is 0.609. The molecule has 2 heteroatoms. The van der Waals surface area contributed by atoms with Gasteiger partial charge in [-0.2, -0.15) is 79.4 Å². The van der Waals surface area contributed by atoms with Crippen LogP contribution in [0.1, 0.15) is 70.1 Å². The van der Waals surface area contributed by atoms with Crippen LogP contribution in [0.25, 0.3) is 0 Å². The van der Waals surface area contributed by atoms with E-state index in [2.05, 4.69) is 54.5 Å². The summed E-state index contributed by atoms with van der Waals surface area (Å²) in [5.74, 6) is 0.807. The van der Waals surface area contributed by atoms with Crippen molar-refractivity contribution in [1.82, 2.24) is 0 Å². The third-order valence-electron chi connectivity index (χ3n) is 6.51. The summed E-state index contributed by atoms with van der Waals surface area (Å²) in [5.41, 5.74) is 8.13. The van der Waals surface area contributed by atoms with Crippen LogP contribution in [0, 0.1) is 32.8 Å². The molecule has 0 heterocycles. The first kappa shape index (κ1) is 33.7. The van der Waals surface area contributed by atoms with Crippen LogP contribution in [0.15, 0.2) is 108 Å². The third kappa shape index (κ3) is 14.0. The van der Waals surface area contributed by atoms with Crippen molar-refractivity contribution in [2.24, 2.45) is 5.92 Å². The first-order chi connectivity index (χ1) is 17.7. The molecule has 3 aromatic carbocycles. The summed E-state index contributed by atoms with van der Waals surface area (Å²) in [6.07, 6.45) is 9.14. The van der Waals surface area contributed by atoms with Crippen LogP contribution >= 0.6 is 0 Å². The topological polar surface area (TPSA) is 0 Å². The maximum absolute atomic E-state index is 3.72. The van der Waals surface area contributed by atoms with Gasteiger partial charge in [-0.1, -0.05) is 83.5 Å². The first-order valence-electron chi connectivity index (χ1n) is 13.6. The number of hydrogen-bond acceptors (Lipinski definition) is 0. The van der Waals surface area contributed by atoms with Crippen molar-refractivity contribution in [3.63, 3.8) is 0 Å². The Morgan fingerprint density at radius 1 is 0.711 bits per heavy atom. The molecule has 2 aliphatic rings. The normalized spacial score (nSPS) is 15.9. The first-order valence-corrected chi connectivity index (χ1v) is 15.3. The van der Waals surface area contributed by atoms with E-state index in [-0.39, 0.29) is 31.2 Å². The maximum Gasteiger partial charge on any atom is 4.00 e. The summed E-state index contributed by atoms with van der Waals surface area (Å²) in [4.78, 5) is 0. The Bertz CT molecular complexity index is 987. The monoisotopic (exact) mass is 554 g/mol. The summed E-state index contributed by atoms with van der Waals surface area (Å²) < 4.78 is 0. The molecule has 0 spiro atoms. The largest absolute Gasteiger partial charge is 4.00 e. The Kier molecular flexibility index (Phi) is 16.0. The van der Waals surface area contributed by atoms with Gasteiger partial charge in [0, 0.05) is 9.52 Å². The zero-order valence-electron chi connectivity index (χ0n) is 24.1. The Labute approximate surface area is 251 Å². The van der Waals surface area contributed by atoms with Gasteiger partial charge in [0.05, 0.1) is 0 Å². The van der Waals surface area contributed by atoms with E-state index < -0.39 is 0 Å². The molecule has 1 atom stereocenters. The number of allylic oxidation sites excluding steroid dienone is 4. The molecule has 0 radical (unpaired) electrons. The number of rotatable bonds is 2. The quantitative estimate of drug-likeness (QED) is 0.219. The van der Waals surface area contributed by atoms with Gasteiger partial charge in [-0.05, 0) is 5.04 Å². The minimum atomic E-state index is 0. The van der Waals surface area contributed by atoms with Crippen molar-refractivity contribution in [3.8, 4) is 0 Å². The van der Waals surface area contributed by atoms with Gasteiger partial charge >= 0.3 is 21.7 Å². The van der Waals surface area contributed by atoms with Crippen LogP contribution in [0.3, 0.4) is 0 Å². The van der Waals surface area contributed by atoms with Crippen molar-refractivity contribution in [2.45, 2.75) is 64.5 Å². The molecule has 0 aromatic heterocycles. The molecule has 0 saturated heterocycles. The van der Waals surface area contributed by atoms with E-state index in [4.69, 9.17) is 0 Å². The molecule has 2 aliphatic carbocycles. The van der Waals surface area contributed by atoms with Crippen LogP contribution in [-0.2, 0) is 21.7 Å². The molecule has 3 aromatic rings. The second kappa shape index (κ2) is 18.1. The minimum absolute atomic E-state index is 0. The average Bonchev–Trinajstić information content (AvgIpc) is 3.20. The van der Waals surface area contributed by atoms with Gasteiger partial charge in [-0.3, -0.25) is 0 Å². The van der Waals surface area contributed by atoms with E-state index >= 15 is 0 Å². The molecule has 1 unspecified atom stereocenters. The van der Waals surface area contributed by atoms with Gasteiger partial charge in [0.1, 0.15) is 0 Å². The average molecular weight is 555 g/mol. The summed E-state index contributed by atoms with van der Waals surface area (Å²) in [6, 6.07) is 31.1. The Hall–Kier alpha value is -2.32. The molecule has 0 saturated carbocycles. The molecule has 0 nitrogen and oxygen atoms in total. The fourth-order valence-corrected chi connectivity index (χ4v) is 6.38. The van der Waals surface area contributed by atoms with Crippen LogP contribution in [-0.4, -0.2) is 9.52 Å². The zero-order valence-corrected chi connectivity index (χ0v) is 27.1. The molecule has 0 aliphatic heterocycles. The van der Waals surface area contributed by atoms with Crippen molar-refractivity contribution in [2.75, 3.05) is 0 Å². The number of hydrogen-bond donors (Lipinski definition) is 0. The van der Waals surface area contributed by atoms with Crippen LogP contribution < -0.4 is 0 Å². The standard InChI is InChI=1S/C15H25Si.3C7H7.Ti/c1-11-9-12-7-5-6-8-13(12)14(11)10-16-15(2,3)4;3*1-7-5-3-2-4-6-7;/h14H,5-8,10,16H2,1-4H3;3*2-6H,1H2;/q4*-1;+4. The molecule has 38 heavy (non-hydrogen) atoms. The van der Waals surface area contributed by atoms with Gasteiger partial charge in [0.25, 0.3) is 0 Å². The van der Waals surface area contributed by atoms with Crippen molar-refractivity contribution >= 4 is 9.52 Å². The van der Waals surface area contributed by atoms with Gasteiger partial charge in [0.15, 0.2) is 0 Å². The van der Waals surface area contributed by atoms with Crippen LogP contribution in [0.4, 0.5) is 0 Å². The van der Waals surface area contributed by atoms with E-state index in [1.165, 1.54) is 31.7 Å². The summed E-state index contributed by atoms with van der Waals surface area (Å²) in [6.45, 7) is 20.7. The van der Waals surface area contributed by atoms with Crippen molar-refractivity contribution < 1.29 is 21.7 Å². The Morgan fingerprint density at radius 3 is 1.45 bits per heavy atom. The fraction of sp³-hybridized carbons (Fsp3) is 0.306. The molecule has 0 N–H and O–H groups in total.